The van der Waals surface area contributed by atoms with Gasteiger partial charge in [-0.1, -0.05) is 29.8 Å². The Labute approximate surface area is 161 Å². The zero-order chi connectivity index (χ0) is 19.9. The van der Waals surface area contributed by atoms with Crippen LogP contribution in [0.15, 0.2) is 52.5 Å². The standard InChI is InChI=1S/C17H18ClN3O5S/c1-2-26-15-9-12(8-14(18)17(15)23)10-19-21-16(22)11-20-27(24,25)13-6-4-3-5-7-13/h3-10,20,23H,2,11H2,1H3,(H,21,22)/b19-10+. The molecule has 0 spiro atoms. The van der Waals surface area contributed by atoms with Crippen LogP contribution in [0.25, 0.3) is 0 Å². The van der Waals surface area contributed by atoms with E-state index >= 15 is 0 Å². The molecule has 0 saturated heterocycles. The summed E-state index contributed by atoms with van der Waals surface area (Å²) in [6.07, 6.45) is 1.29. The summed E-state index contributed by atoms with van der Waals surface area (Å²) in [4.78, 5) is 11.8. The van der Waals surface area contributed by atoms with Crippen LogP contribution in [0.3, 0.4) is 0 Å². The molecule has 0 radical (unpaired) electrons. The quantitative estimate of drug-likeness (QED) is 0.453. The van der Waals surface area contributed by atoms with Crippen molar-refractivity contribution in [3.63, 3.8) is 0 Å². The molecule has 1 amide bonds. The number of phenolic OH excluding ortho intramolecular Hbond substituents is 1. The molecule has 0 aliphatic heterocycles. The maximum absolute atomic E-state index is 12.0. The molecule has 0 heterocycles. The lowest BCUT2D eigenvalue weighted by atomic mass is 10.2. The topological polar surface area (TPSA) is 117 Å². The minimum Gasteiger partial charge on any atom is -0.503 e. The molecule has 2 aromatic rings. The van der Waals surface area contributed by atoms with E-state index < -0.39 is 22.5 Å². The number of benzene rings is 2. The van der Waals surface area contributed by atoms with Crippen LogP contribution in [-0.2, 0) is 14.8 Å². The fraction of sp³-hybridized carbons (Fsp3) is 0.176. The number of nitrogens with zero attached hydrogens (tertiary/aromatic N) is 1. The Morgan fingerprint density at radius 2 is 2.00 bits per heavy atom. The van der Waals surface area contributed by atoms with E-state index in [2.05, 4.69) is 15.2 Å². The van der Waals surface area contributed by atoms with Crippen molar-refractivity contribution in [3.05, 3.63) is 53.1 Å². The first kappa shape index (κ1) is 20.7. The Kier molecular flexibility index (Phi) is 7.17. The Morgan fingerprint density at radius 3 is 2.67 bits per heavy atom. The first-order valence-corrected chi connectivity index (χ1v) is 9.71. The van der Waals surface area contributed by atoms with Crippen molar-refractivity contribution < 1.29 is 23.1 Å². The Balaban J connectivity index is 1.94. The lowest BCUT2D eigenvalue weighted by Crippen LogP contribution is -2.34. The summed E-state index contributed by atoms with van der Waals surface area (Å²) >= 11 is 5.90. The van der Waals surface area contributed by atoms with Crippen molar-refractivity contribution in [1.82, 2.24) is 10.1 Å². The van der Waals surface area contributed by atoms with Gasteiger partial charge in [0, 0.05) is 0 Å². The molecule has 27 heavy (non-hydrogen) atoms. The predicted octanol–water partition coefficient (Wildman–Crippen LogP) is 1.87. The number of carbonyl (C=O) groups excluding carboxylic acids is 1. The molecule has 0 aromatic heterocycles. The van der Waals surface area contributed by atoms with E-state index in [4.69, 9.17) is 16.3 Å². The average molecular weight is 412 g/mol. The third-order valence-corrected chi connectivity index (χ3v) is 4.93. The van der Waals surface area contributed by atoms with E-state index in [9.17, 15) is 18.3 Å². The van der Waals surface area contributed by atoms with Crippen molar-refractivity contribution in [1.29, 1.82) is 0 Å². The van der Waals surface area contributed by atoms with Gasteiger partial charge in [0.05, 0.1) is 29.3 Å². The second-order valence-corrected chi connectivity index (χ2v) is 7.39. The minimum atomic E-state index is -3.78. The van der Waals surface area contributed by atoms with E-state index in [0.29, 0.717) is 12.2 Å². The second-order valence-electron chi connectivity index (χ2n) is 5.21. The fourth-order valence-electron chi connectivity index (χ4n) is 2.00. The van der Waals surface area contributed by atoms with Gasteiger partial charge in [-0.05, 0) is 36.8 Å². The maximum Gasteiger partial charge on any atom is 0.255 e. The van der Waals surface area contributed by atoms with Crippen molar-refractivity contribution >= 4 is 33.7 Å². The van der Waals surface area contributed by atoms with Crippen LogP contribution in [-0.4, -0.2) is 38.8 Å². The molecule has 0 aliphatic carbocycles. The van der Waals surface area contributed by atoms with Crippen LogP contribution >= 0.6 is 11.6 Å². The Bertz CT molecular complexity index is 933. The summed E-state index contributed by atoms with van der Waals surface area (Å²) < 4.78 is 31.5. The van der Waals surface area contributed by atoms with Gasteiger partial charge >= 0.3 is 0 Å². The number of halogens is 1. The first-order chi connectivity index (χ1) is 12.8. The molecule has 0 aliphatic rings. The van der Waals surface area contributed by atoms with Crippen LogP contribution in [0.5, 0.6) is 11.5 Å². The Hall–Kier alpha value is -2.62. The van der Waals surface area contributed by atoms with Gasteiger partial charge in [0.2, 0.25) is 10.0 Å². The number of phenols is 1. The smallest absolute Gasteiger partial charge is 0.255 e. The molecule has 3 N–H and O–H groups in total. The molecular formula is C17H18ClN3O5S. The average Bonchev–Trinajstić information content (AvgIpc) is 2.65. The molecule has 8 nitrogen and oxygen atoms in total. The SMILES string of the molecule is CCOc1cc(/C=N/NC(=O)CNS(=O)(=O)c2ccccc2)cc(Cl)c1O. The summed E-state index contributed by atoms with van der Waals surface area (Å²) in [7, 11) is -3.78. The Morgan fingerprint density at radius 1 is 1.30 bits per heavy atom. The molecule has 0 saturated carbocycles. The fourth-order valence-corrected chi connectivity index (χ4v) is 3.22. The molecule has 2 aromatic carbocycles. The number of aromatic hydroxyl groups is 1. The van der Waals surface area contributed by atoms with Crippen molar-refractivity contribution in [2.45, 2.75) is 11.8 Å². The number of hydrogen-bond donors (Lipinski definition) is 3. The van der Waals surface area contributed by atoms with Crippen LogP contribution < -0.4 is 14.9 Å². The largest absolute Gasteiger partial charge is 0.503 e. The maximum atomic E-state index is 12.0. The van der Waals surface area contributed by atoms with Crippen LogP contribution in [0, 0.1) is 0 Å². The number of hydrazone groups is 1. The van der Waals surface area contributed by atoms with Gasteiger partial charge in [0.15, 0.2) is 11.5 Å². The molecule has 144 valence electrons. The lowest BCUT2D eigenvalue weighted by molar-refractivity contribution is -0.119. The van der Waals surface area contributed by atoms with Gasteiger partial charge in [0.1, 0.15) is 0 Å². The van der Waals surface area contributed by atoms with E-state index in [1.54, 1.807) is 25.1 Å². The van der Waals surface area contributed by atoms with E-state index in [-0.39, 0.29) is 21.4 Å². The lowest BCUT2D eigenvalue weighted by Gasteiger charge is -2.08. The number of nitrogens with one attached hydrogen (secondary N) is 2. The summed E-state index contributed by atoms with van der Waals surface area (Å²) in [5.74, 6) is -0.649. The van der Waals surface area contributed by atoms with Gasteiger partial charge in [-0.3, -0.25) is 4.79 Å². The van der Waals surface area contributed by atoms with Gasteiger partial charge in [-0.25, -0.2) is 18.6 Å². The number of rotatable bonds is 8. The van der Waals surface area contributed by atoms with E-state index in [1.807, 2.05) is 0 Å². The summed E-state index contributed by atoms with van der Waals surface area (Å²) in [5, 5.41) is 13.6. The first-order valence-electron chi connectivity index (χ1n) is 7.85. The highest BCUT2D eigenvalue weighted by atomic mass is 35.5. The molecule has 2 rings (SSSR count). The highest BCUT2D eigenvalue weighted by molar-refractivity contribution is 7.89. The van der Waals surface area contributed by atoms with Crippen molar-refractivity contribution in [3.8, 4) is 11.5 Å². The molecular weight excluding hydrogens is 394 g/mol. The van der Waals surface area contributed by atoms with Gasteiger partial charge in [-0.15, -0.1) is 0 Å². The minimum absolute atomic E-state index is 0.0588. The monoisotopic (exact) mass is 411 g/mol. The number of sulfonamides is 1. The molecule has 10 heteroatoms. The molecule has 0 fully saturated rings. The summed E-state index contributed by atoms with van der Waals surface area (Å²) in [6.45, 7) is 1.61. The van der Waals surface area contributed by atoms with E-state index in [0.717, 1.165) is 0 Å². The third kappa shape index (κ3) is 5.95. The number of carbonyl (C=O) groups is 1. The van der Waals surface area contributed by atoms with Crippen LogP contribution in [0.4, 0.5) is 0 Å². The van der Waals surface area contributed by atoms with Crippen LogP contribution in [0.1, 0.15) is 12.5 Å². The second kappa shape index (κ2) is 9.36. The van der Waals surface area contributed by atoms with Gasteiger partial charge < -0.3 is 9.84 Å². The highest BCUT2D eigenvalue weighted by Crippen LogP contribution is 2.34. The van der Waals surface area contributed by atoms with Crippen LogP contribution in [0.2, 0.25) is 5.02 Å². The zero-order valence-electron chi connectivity index (χ0n) is 14.3. The van der Waals surface area contributed by atoms with Crippen molar-refractivity contribution in [2.75, 3.05) is 13.2 Å². The normalized spacial score (nSPS) is 11.5. The molecule has 0 bridgehead atoms. The molecule has 0 unspecified atom stereocenters. The predicted molar refractivity (Wildman–Crippen MR) is 102 cm³/mol. The van der Waals surface area contributed by atoms with Crippen molar-refractivity contribution in [2.24, 2.45) is 5.10 Å². The molecule has 0 atom stereocenters. The number of ether oxygens (including phenoxy) is 1. The third-order valence-electron chi connectivity index (χ3n) is 3.23. The number of amides is 1. The zero-order valence-corrected chi connectivity index (χ0v) is 15.9. The summed E-state index contributed by atoms with van der Waals surface area (Å²) in [5.41, 5.74) is 2.68. The highest BCUT2D eigenvalue weighted by Gasteiger charge is 2.14. The van der Waals surface area contributed by atoms with Gasteiger partial charge in [0.25, 0.3) is 5.91 Å². The van der Waals surface area contributed by atoms with Gasteiger partial charge in [-0.2, -0.15) is 5.10 Å². The van der Waals surface area contributed by atoms with E-state index in [1.165, 1.54) is 30.5 Å². The summed E-state index contributed by atoms with van der Waals surface area (Å²) in [6, 6.07) is 10.6. The number of hydrogen-bond acceptors (Lipinski definition) is 6.